The van der Waals surface area contributed by atoms with Crippen LogP contribution in [0.15, 0.2) is 48.5 Å². The summed E-state index contributed by atoms with van der Waals surface area (Å²) in [6, 6.07) is 11.9. The first-order valence-electron chi connectivity index (χ1n) is 8.50. The summed E-state index contributed by atoms with van der Waals surface area (Å²) < 4.78 is 10.4. The number of anilines is 1. The molecule has 2 rings (SSSR count). The Morgan fingerprint density at radius 3 is 2.32 bits per heavy atom. The zero-order valence-electron chi connectivity index (χ0n) is 15.5. The number of methoxy groups -OCH3 is 1. The molecule has 28 heavy (non-hydrogen) atoms. The van der Waals surface area contributed by atoms with Crippen molar-refractivity contribution in [1.29, 1.82) is 0 Å². The summed E-state index contributed by atoms with van der Waals surface area (Å²) in [7, 11) is 1.55. The normalized spacial score (nSPS) is 11.4. The second-order valence-corrected chi connectivity index (χ2v) is 5.83. The van der Waals surface area contributed by atoms with Gasteiger partial charge >= 0.3 is 0 Å². The van der Waals surface area contributed by atoms with Gasteiger partial charge in [0.2, 0.25) is 0 Å². The van der Waals surface area contributed by atoms with Crippen LogP contribution in [0.5, 0.6) is 5.75 Å². The molecule has 2 aromatic rings. The number of nitro benzene ring substituents is 1. The zero-order chi connectivity index (χ0) is 20.5. The predicted octanol–water partition coefficient (Wildman–Crippen LogP) is 2.38. The van der Waals surface area contributed by atoms with Crippen molar-refractivity contribution in [2.75, 3.05) is 25.6 Å². The van der Waals surface area contributed by atoms with Crippen molar-refractivity contribution in [2.24, 2.45) is 0 Å². The maximum atomic E-state index is 12.2. The van der Waals surface area contributed by atoms with Crippen molar-refractivity contribution in [2.45, 2.75) is 13.0 Å². The smallest absolute Gasteiger partial charge is 0.269 e. The minimum Gasteiger partial charge on any atom is -0.481 e. The lowest BCUT2D eigenvalue weighted by molar-refractivity contribution is -0.384. The Labute approximate surface area is 161 Å². The van der Waals surface area contributed by atoms with E-state index in [0.717, 1.165) is 0 Å². The van der Waals surface area contributed by atoms with Gasteiger partial charge in [0.25, 0.3) is 17.5 Å². The Balaban J connectivity index is 1.89. The summed E-state index contributed by atoms with van der Waals surface area (Å²) in [5.74, 6) is -0.281. The van der Waals surface area contributed by atoms with E-state index < -0.39 is 16.9 Å². The Morgan fingerprint density at radius 1 is 1.11 bits per heavy atom. The Morgan fingerprint density at radius 2 is 1.75 bits per heavy atom. The monoisotopic (exact) mass is 387 g/mol. The van der Waals surface area contributed by atoms with Crippen LogP contribution in [0.25, 0.3) is 0 Å². The molecule has 0 aromatic heterocycles. The van der Waals surface area contributed by atoms with Crippen molar-refractivity contribution in [3.63, 3.8) is 0 Å². The Kier molecular flexibility index (Phi) is 7.46. The number of hydrogen-bond donors (Lipinski definition) is 2. The van der Waals surface area contributed by atoms with E-state index in [2.05, 4.69) is 10.6 Å². The molecule has 9 nitrogen and oxygen atoms in total. The van der Waals surface area contributed by atoms with Crippen LogP contribution >= 0.6 is 0 Å². The van der Waals surface area contributed by atoms with Crippen molar-refractivity contribution >= 4 is 23.2 Å². The quantitative estimate of drug-likeness (QED) is 0.387. The third-order valence-corrected chi connectivity index (χ3v) is 3.74. The first-order chi connectivity index (χ1) is 13.4. The molecule has 2 N–H and O–H groups in total. The van der Waals surface area contributed by atoms with Gasteiger partial charge in [-0.3, -0.25) is 19.7 Å². The van der Waals surface area contributed by atoms with Gasteiger partial charge in [0.1, 0.15) is 5.75 Å². The number of nitrogens with zero attached hydrogens (tertiary/aromatic N) is 1. The largest absolute Gasteiger partial charge is 0.481 e. The Hall–Kier alpha value is -3.46. The number of rotatable bonds is 9. The second kappa shape index (κ2) is 10.0. The molecule has 2 amide bonds. The molecule has 0 aliphatic rings. The maximum absolute atomic E-state index is 12.2. The molecule has 9 heteroatoms. The lowest BCUT2D eigenvalue weighted by atomic mass is 10.2. The number of ether oxygens (including phenoxy) is 2. The van der Waals surface area contributed by atoms with E-state index in [-0.39, 0.29) is 11.6 Å². The molecule has 0 saturated carbocycles. The van der Waals surface area contributed by atoms with E-state index in [1.54, 1.807) is 38.3 Å². The van der Waals surface area contributed by atoms with Gasteiger partial charge in [-0.05, 0) is 43.3 Å². The van der Waals surface area contributed by atoms with Crippen molar-refractivity contribution in [3.8, 4) is 5.75 Å². The summed E-state index contributed by atoms with van der Waals surface area (Å²) >= 11 is 0. The van der Waals surface area contributed by atoms with Crippen molar-refractivity contribution in [1.82, 2.24) is 5.32 Å². The number of benzene rings is 2. The molecule has 0 radical (unpaired) electrons. The number of non-ortho nitro benzene ring substituents is 1. The fraction of sp³-hybridized carbons (Fsp3) is 0.263. The van der Waals surface area contributed by atoms with Gasteiger partial charge in [-0.25, -0.2) is 0 Å². The molecule has 0 saturated heterocycles. The average Bonchev–Trinajstić information content (AvgIpc) is 2.69. The molecule has 0 heterocycles. The van der Waals surface area contributed by atoms with Crippen LogP contribution in [0, 0.1) is 10.1 Å². The summed E-state index contributed by atoms with van der Waals surface area (Å²) in [5, 5.41) is 16.0. The predicted molar refractivity (Wildman–Crippen MR) is 102 cm³/mol. The van der Waals surface area contributed by atoms with Gasteiger partial charge in [-0.2, -0.15) is 0 Å². The fourth-order valence-electron chi connectivity index (χ4n) is 2.22. The molecule has 0 fully saturated rings. The highest BCUT2D eigenvalue weighted by atomic mass is 16.6. The molecule has 0 spiro atoms. The van der Waals surface area contributed by atoms with Gasteiger partial charge in [0, 0.05) is 37.0 Å². The highest BCUT2D eigenvalue weighted by molar-refractivity contribution is 5.96. The van der Waals surface area contributed by atoms with Crippen molar-refractivity contribution in [3.05, 3.63) is 64.2 Å². The maximum Gasteiger partial charge on any atom is 0.269 e. The molecule has 0 aliphatic carbocycles. The number of nitro groups is 1. The summed E-state index contributed by atoms with van der Waals surface area (Å²) in [6.45, 7) is 2.40. The van der Waals surface area contributed by atoms with Crippen LogP contribution in [0.3, 0.4) is 0 Å². The highest BCUT2D eigenvalue weighted by Crippen LogP contribution is 2.19. The minimum absolute atomic E-state index is 0.0594. The van der Waals surface area contributed by atoms with Gasteiger partial charge < -0.3 is 20.1 Å². The third-order valence-electron chi connectivity index (χ3n) is 3.74. The standard InChI is InChI=1S/C19H21N3O6/c1-13(28-17-9-7-16(8-10-17)22(25)26)18(23)21-15-5-3-14(4-6-15)19(24)20-11-12-27-2/h3-10,13H,11-12H2,1-2H3,(H,20,24)(H,21,23). The molecule has 1 atom stereocenters. The highest BCUT2D eigenvalue weighted by Gasteiger charge is 2.16. The van der Waals surface area contributed by atoms with Crippen LogP contribution in [0.2, 0.25) is 0 Å². The zero-order valence-corrected chi connectivity index (χ0v) is 15.5. The molecule has 148 valence electrons. The number of carbonyl (C=O) groups excluding carboxylic acids is 2. The van der Waals surface area contributed by atoms with E-state index in [0.29, 0.717) is 30.2 Å². The average molecular weight is 387 g/mol. The number of carbonyl (C=O) groups is 2. The van der Waals surface area contributed by atoms with E-state index in [1.165, 1.54) is 24.3 Å². The van der Waals surface area contributed by atoms with Gasteiger partial charge in [-0.1, -0.05) is 0 Å². The fourth-order valence-corrected chi connectivity index (χ4v) is 2.22. The third kappa shape index (κ3) is 6.06. The SMILES string of the molecule is COCCNC(=O)c1ccc(NC(=O)C(C)Oc2ccc([N+](=O)[O-])cc2)cc1. The van der Waals surface area contributed by atoms with Crippen LogP contribution in [0.4, 0.5) is 11.4 Å². The number of hydrogen-bond acceptors (Lipinski definition) is 6. The topological polar surface area (TPSA) is 120 Å². The van der Waals surface area contributed by atoms with Crippen LogP contribution in [-0.2, 0) is 9.53 Å². The lowest BCUT2D eigenvalue weighted by Gasteiger charge is -2.15. The van der Waals surface area contributed by atoms with Crippen LogP contribution in [0.1, 0.15) is 17.3 Å². The Bertz CT molecular complexity index is 821. The first kappa shape index (κ1) is 20.8. The number of amides is 2. The molecule has 0 bridgehead atoms. The second-order valence-electron chi connectivity index (χ2n) is 5.83. The van der Waals surface area contributed by atoms with Gasteiger partial charge in [0.15, 0.2) is 6.10 Å². The summed E-state index contributed by atoms with van der Waals surface area (Å²) in [6.07, 6.45) is -0.821. The molecular formula is C19H21N3O6. The van der Waals surface area contributed by atoms with Gasteiger partial charge in [0.05, 0.1) is 11.5 Å². The molecule has 2 aromatic carbocycles. The van der Waals surface area contributed by atoms with Crippen LogP contribution < -0.4 is 15.4 Å². The summed E-state index contributed by atoms with van der Waals surface area (Å²) in [4.78, 5) is 34.3. The summed E-state index contributed by atoms with van der Waals surface area (Å²) in [5.41, 5.74) is 0.915. The van der Waals surface area contributed by atoms with E-state index in [4.69, 9.17) is 9.47 Å². The van der Waals surface area contributed by atoms with E-state index in [9.17, 15) is 19.7 Å². The van der Waals surface area contributed by atoms with E-state index in [1.807, 2.05) is 0 Å². The number of nitrogens with one attached hydrogen (secondary N) is 2. The lowest BCUT2D eigenvalue weighted by Crippen LogP contribution is -2.30. The first-order valence-corrected chi connectivity index (χ1v) is 8.50. The minimum atomic E-state index is -0.821. The van der Waals surface area contributed by atoms with E-state index >= 15 is 0 Å². The molecule has 1 unspecified atom stereocenters. The van der Waals surface area contributed by atoms with Crippen molar-refractivity contribution < 1.29 is 24.0 Å². The molecule has 0 aliphatic heterocycles. The molecular weight excluding hydrogens is 366 g/mol. The van der Waals surface area contributed by atoms with Gasteiger partial charge in [-0.15, -0.1) is 0 Å². The van der Waals surface area contributed by atoms with Crippen LogP contribution in [-0.4, -0.2) is 43.1 Å².